The number of rotatable bonds is 16. The Morgan fingerprint density at radius 3 is 1.47 bits per heavy atom. The highest BCUT2D eigenvalue weighted by Gasteiger charge is 2.48. The summed E-state index contributed by atoms with van der Waals surface area (Å²) >= 11 is 0. The van der Waals surface area contributed by atoms with E-state index in [1.54, 1.807) is 7.11 Å². The van der Waals surface area contributed by atoms with Crippen molar-refractivity contribution in [2.75, 3.05) is 7.11 Å². The van der Waals surface area contributed by atoms with Crippen LogP contribution >= 0.6 is 0 Å². The SMILES string of the molecule is COc1ccccc1CCC[Si](C)(C)O[Si](C)(O[Si](C)(C)C)O[Si](C)(C)CC[Si](C)(C)O[Si](C)(C)C. The van der Waals surface area contributed by atoms with Crippen molar-refractivity contribution >= 4 is 50.4 Å². The minimum absolute atomic E-state index is 0.972. The smallest absolute Gasteiger partial charge is 0.466 e. The van der Waals surface area contributed by atoms with Crippen LogP contribution < -0.4 is 4.74 Å². The molecule has 11 heteroatoms. The van der Waals surface area contributed by atoms with Gasteiger partial charge in [0.25, 0.3) is 0 Å². The van der Waals surface area contributed by atoms with Gasteiger partial charge in [-0.1, -0.05) is 18.2 Å². The summed E-state index contributed by atoms with van der Waals surface area (Å²) in [7, 11) is -10.2. The number of hydrogen-bond donors (Lipinski definition) is 0. The number of methoxy groups -OCH3 is 1. The van der Waals surface area contributed by atoms with Gasteiger partial charge in [0.15, 0.2) is 41.6 Å². The molecule has 0 fully saturated rings. The molecule has 1 aromatic rings. The molecule has 1 rings (SSSR count). The zero-order valence-electron chi connectivity index (χ0n) is 25.9. The number of para-hydroxylation sites is 1. The molecule has 0 N–H and O–H groups in total. The van der Waals surface area contributed by atoms with Crippen molar-refractivity contribution in [2.24, 2.45) is 0 Å². The highest BCUT2D eigenvalue weighted by Crippen LogP contribution is 2.32. The third kappa shape index (κ3) is 14.4. The molecular formula is C25H56O5Si6. The molecule has 210 valence electrons. The lowest BCUT2D eigenvalue weighted by Crippen LogP contribution is -2.59. The molecule has 5 nitrogen and oxygen atoms in total. The second-order valence-electron chi connectivity index (χ2n) is 13.9. The molecule has 0 spiro atoms. The lowest BCUT2D eigenvalue weighted by atomic mass is 10.1. The molecule has 1 atom stereocenters. The van der Waals surface area contributed by atoms with E-state index in [0.29, 0.717) is 0 Å². The second-order valence-corrected chi connectivity index (χ2v) is 39.4. The molecule has 0 bridgehead atoms. The quantitative estimate of drug-likeness (QED) is 0.177. The van der Waals surface area contributed by atoms with Crippen LogP contribution in [0.2, 0.25) is 103 Å². The third-order valence-electron chi connectivity index (χ3n) is 5.74. The predicted octanol–water partition coefficient (Wildman–Crippen LogP) is 8.55. The van der Waals surface area contributed by atoms with Crippen molar-refractivity contribution in [3.05, 3.63) is 29.8 Å². The molecule has 0 aliphatic heterocycles. The van der Waals surface area contributed by atoms with Gasteiger partial charge in [-0.05, 0) is 121 Å². The Hall–Kier alpha value is 0.161. The van der Waals surface area contributed by atoms with Crippen LogP contribution in [0.5, 0.6) is 5.75 Å². The number of benzene rings is 1. The molecular weight excluding hydrogens is 549 g/mol. The topological polar surface area (TPSA) is 46.2 Å². The van der Waals surface area contributed by atoms with Gasteiger partial charge in [0.2, 0.25) is 0 Å². The van der Waals surface area contributed by atoms with E-state index in [1.165, 1.54) is 5.56 Å². The Kier molecular flexibility index (Phi) is 12.4. The average molecular weight is 605 g/mol. The Morgan fingerprint density at radius 1 is 0.556 bits per heavy atom. The first-order valence-corrected chi connectivity index (χ1v) is 31.9. The summed E-state index contributed by atoms with van der Waals surface area (Å²) in [4.78, 5) is 0. The number of aryl methyl sites for hydroxylation is 1. The van der Waals surface area contributed by atoms with Crippen molar-refractivity contribution in [1.29, 1.82) is 0 Å². The van der Waals surface area contributed by atoms with E-state index in [1.807, 2.05) is 12.1 Å². The highest BCUT2D eigenvalue weighted by molar-refractivity contribution is 6.91. The lowest BCUT2D eigenvalue weighted by molar-refractivity contribution is 0.259. The van der Waals surface area contributed by atoms with Crippen LogP contribution in [0, 0.1) is 0 Å². The van der Waals surface area contributed by atoms with Gasteiger partial charge in [0, 0.05) is 6.55 Å². The monoisotopic (exact) mass is 604 g/mol. The molecule has 36 heavy (non-hydrogen) atoms. The van der Waals surface area contributed by atoms with Gasteiger partial charge in [-0.3, -0.25) is 0 Å². The van der Waals surface area contributed by atoms with Gasteiger partial charge in [-0.2, -0.15) is 0 Å². The minimum atomic E-state index is -2.80. The average Bonchev–Trinajstić information content (AvgIpc) is 2.62. The maximum absolute atomic E-state index is 7.02. The van der Waals surface area contributed by atoms with Crippen LogP contribution in [-0.2, 0) is 22.9 Å². The maximum Gasteiger partial charge on any atom is 0.466 e. The first kappa shape index (κ1) is 34.2. The fraction of sp³-hybridized carbons (Fsp3) is 0.760. The van der Waals surface area contributed by atoms with E-state index >= 15 is 0 Å². The van der Waals surface area contributed by atoms with E-state index in [4.69, 9.17) is 21.2 Å². The third-order valence-corrected chi connectivity index (χ3v) is 26.7. The van der Waals surface area contributed by atoms with Crippen molar-refractivity contribution in [2.45, 2.75) is 116 Å². The molecule has 0 saturated carbocycles. The molecule has 0 heterocycles. The molecule has 0 radical (unpaired) electrons. The maximum atomic E-state index is 7.02. The van der Waals surface area contributed by atoms with E-state index < -0.39 is 50.4 Å². The minimum Gasteiger partial charge on any atom is -0.496 e. The zero-order chi connectivity index (χ0) is 28.1. The van der Waals surface area contributed by atoms with E-state index in [2.05, 4.69) is 97.2 Å². The Balaban J connectivity index is 2.91. The molecule has 0 aliphatic carbocycles. The molecule has 0 aromatic heterocycles. The van der Waals surface area contributed by atoms with Crippen LogP contribution in [0.15, 0.2) is 24.3 Å². The van der Waals surface area contributed by atoms with Gasteiger partial charge in [-0.25, -0.2) is 0 Å². The van der Waals surface area contributed by atoms with Crippen LogP contribution in [0.4, 0.5) is 0 Å². The van der Waals surface area contributed by atoms with Crippen LogP contribution in [0.1, 0.15) is 12.0 Å². The van der Waals surface area contributed by atoms with Crippen molar-refractivity contribution in [3.63, 3.8) is 0 Å². The largest absolute Gasteiger partial charge is 0.496 e. The summed E-state index contributed by atoms with van der Waals surface area (Å²) in [6.07, 6.45) is 2.07. The first-order valence-electron chi connectivity index (χ1n) is 13.5. The Labute approximate surface area is 229 Å². The fourth-order valence-corrected chi connectivity index (χ4v) is 32.6. The second kappa shape index (κ2) is 13.0. The number of hydrogen-bond acceptors (Lipinski definition) is 5. The zero-order valence-corrected chi connectivity index (χ0v) is 31.9. The van der Waals surface area contributed by atoms with E-state index in [0.717, 1.165) is 36.7 Å². The van der Waals surface area contributed by atoms with Crippen molar-refractivity contribution in [1.82, 2.24) is 0 Å². The molecule has 0 aliphatic rings. The molecule has 1 unspecified atom stereocenters. The molecule has 0 amide bonds. The van der Waals surface area contributed by atoms with Crippen molar-refractivity contribution < 1.29 is 21.2 Å². The molecule has 0 saturated heterocycles. The van der Waals surface area contributed by atoms with Gasteiger partial charge < -0.3 is 21.2 Å². The van der Waals surface area contributed by atoms with Gasteiger partial charge in [0.05, 0.1) is 7.11 Å². The van der Waals surface area contributed by atoms with Crippen LogP contribution in [0.25, 0.3) is 0 Å². The Bertz CT molecular complexity index is 820. The van der Waals surface area contributed by atoms with Crippen LogP contribution in [-0.4, -0.2) is 57.5 Å². The Morgan fingerprint density at radius 2 is 1.00 bits per heavy atom. The van der Waals surface area contributed by atoms with Crippen LogP contribution in [0.3, 0.4) is 0 Å². The fourth-order valence-electron chi connectivity index (χ4n) is 4.82. The molecule has 1 aromatic carbocycles. The lowest BCUT2D eigenvalue weighted by Gasteiger charge is -2.43. The predicted molar refractivity (Wildman–Crippen MR) is 171 cm³/mol. The van der Waals surface area contributed by atoms with Gasteiger partial charge >= 0.3 is 8.80 Å². The van der Waals surface area contributed by atoms with Gasteiger partial charge in [-0.15, -0.1) is 0 Å². The summed E-state index contributed by atoms with van der Waals surface area (Å²) < 4.78 is 33.0. The summed E-state index contributed by atoms with van der Waals surface area (Å²) in [5.74, 6) is 0.972. The van der Waals surface area contributed by atoms with Crippen molar-refractivity contribution in [3.8, 4) is 5.75 Å². The standard InChI is InChI=1S/C25H56O5Si6/c1-26-25-20-16-15-18-24(25)19-17-21-33(8,9)29-36(14,28-32(5,6)7)30-35(12,13)23-22-34(10,11)27-31(2,3)4/h15-16,18,20H,17,19,21-23H2,1-14H3. The summed E-state index contributed by atoms with van der Waals surface area (Å²) in [5, 5.41) is 0. The normalized spacial score (nSPS) is 15.6. The first-order chi connectivity index (χ1) is 16.1. The van der Waals surface area contributed by atoms with E-state index in [-0.39, 0.29) is 0 Å². The highest BCUT2D eigenvalue weighted by atomic mass is 28.5. The van der Waals surface area contributed by atoms with E-state index in [9.17, 15) is 0 Å². The summed E-state index contributed by atoms with van der Waals surface area (Å²) in [6.45, 7) is 29.8. The summed E-state index contributed by atoms with van der Waals surface area (Å²) in [5.41, 5.74) is 1.26. The summed E-state index contributed by atoms with van der Waals surface area (Å²) in [6, 6.07) is 11.6. The van der Waals surface area contributed by atoms with Gasteiger partial charge in [0.1, 0.15) is 5.75 Å². The number of ether oxygens (including phenoxy) is 1.